The van der Waals surface area contributed by atoms with Crippen LogP contribution in [0.3, 0.4) is 0 Å². The second-order valence-electron chi connectivity index (χ2n) is 3.68. The molecule has 0 saturated heterocycles. The van der Waals surface area contributed by atoms with E-state index in [1.54, 1.807) is 6.20 Å². The highest BCUT2D eigenvalue weighted by atomic mass is 79.9. The fraction of sp³-hybridized carbons (Fsp3) is 0.500. The first-order valence-electron chi connectivity index (χ1n) is 5.02. The summed E-state index contributed by atoms with van der Waals surface area (Å²) in [5, 5.41) is 10.9. The number of nitrogens with zero attached hydrogens (tertiary/aromatic N) is 2. The Hall–Kier alpha value is -1.01. The van der Waals surface area contributed by atoms with Crippen LogP contribution < -0.4 is 5.73 Å². The molecule has 2 atom stereocenters. The Morgan fingerprint density at radius 2 is 2.31 bits per heavy atom. The van der Waals surface area contributed by atoms with Crippen molar-refractivity contribution < 1.29 is 4.92 Å². The minimum absolute atomic E-state index is 0.0192. The monoisotopic (exact) mass is 287 g/mol. The van der Waals surface area contributed by atoms with Crippen LogP contribution in [0.5, 0.6) is 0 Å². The Balaban J connectivity index is 3.17. The number of rotatable bonds is 4. The molecule has 0 radical (unpaired) electrons. The van der Waals surface area contributed by atoms with Gasteiger partial charge in [0.2, 0.25) is 0 Å². The van der Waals surface area contributed by atoms with Crippen molar-refractivity contribution in [1.82, 2.24) is 4.98 Å². The number of hydrogen-bond acceptors (Lipinski definition) is 4. The third kappa shape index (κ3) is 2.76. The summed E-state index contributed by atoms with van der Waals surface area (Å²) in [5.41, 5.74) is 6.35. The van der Waals surface area contributed by atoms with E-state index in [1.165, 1.54) is 6.07 Å². The van der Waals surface area contributed by atoms with E-state index < -0.39 is 4.92 Å². The van der Waals surface area contributed by atoms with E-state index in [4.69, 9.17) is 5.73 Å². The third-order valence-electron chi connectivity index (χ3n) is 2.61. The minimum Gasteiger partial charge on any atom is -0.327 e. The van der Waals surface area contributed by atoms with Gasteiger partial charge in [0.05, 0.1) is 4.92 Å². The van der Waals surface area contributed by atoms with Crippen molar-refractivity contribution in [3.63, 3.8) is 0 Å². The maximum absolute atomic E-state index is 10.9. The number of pyridine rings is 1. The second-order valence-corrected chi connectivity index (χ2v) is 4.59. The number of nitro groups is 1. The van der Waals surface area contributed by atoms with Gasteiger partial charge in [0.15, 0.2) is 0 Å². The normalized spacial score (nSPS) is 14.5. The van der Waals surface area contributed by atoms with Gasteiger partial charge in [-0.3, -0.25) is 15.1 Å². The highest BCUT2D eigenvalue weighted by molar-refractivity contribution is 9.10. The molecule has 0 bridgehead atoms. The lowest BCUT2D eigenvalue weighted by molar-refractivity contribution is -0.386. The number of nitrogens with two attached hydrogens (primary N) is 1. The minimum atomic E-state index is -0.425. The van der Waals surface area contributed by atoms with Gasteiger partial charge in [-0.1, -0.05) is 13.8 Å². The summed E-state index contributed by atoms with van der Waals surface area (Å²) in [6.45, 7) is 3.81. The zero-order chi connectivity index (χ0) is 12.3. The van der Waals surface area contributed by atoms with Crippen LogP contribution in [0.2, 0.25) is 0 Å². The average molecular weight is 288 g/mol. The first-order valence-corrected chi connectivity index (χ1v) is 5.82. The van der Waals surface area contributed by atoms with Crippen LogP contribution in [-0.4, -0.2) is 15.9 Å². The molecule has 0 aliphatic heterocycles. The molecule has 1 aromatic rings. The van der Waals surface area contributed by atoms with Crippen molar-refractivity contribution in [2.45, 2.75) is 32.2 Å². The van der Waals surface area contributed by atoms with E-state index in [-0.39, 0.29) is 17.6 Å². The summed E-state index contributed by atoms with van der Waals surface area (Å²) in [5.74, 6) is -0.126. The van der Waals surface area contributed by atoms with Gasteiger partial charge in [0.25, 0.3) is 5.69 Å². The molecule has 0 saturated carbocycles. The molecule has 16 heavy (non-hydrogen) atoms. The predicted molar refractivity (Wildman–Crippen MR) is 65.3 cm³/mol. The maximum Gasteiger partial charge on any atom is 0.292 e. The molecule has 0 fully saturated rings. The van der Waals surface area contributed by atoms with E-state index in [9.17, 15) is 10.1 Å². The van der Waals surface area contributed by atoms with Crippen molar-refractivity contribution in [3.05, 3.63) is 32.5 Å². The molecule has 2 unspecified atom stereocenters. The van der Waals surface area contributed by atoms with Gasteiger partial charge in [0.1, 0.15) is 5.69 Å². The van der Waals surface area contributed by atoms with Crippen molar-refractivity contribution in [2.75, 3.05) is 0 Å². The van der Waals surface area contributed by atoms with Gasteiger partial charge in [0, 0.05) is 28.7 Å². The predicted octanol–water partition coefficient (Wildman–Crippen LogP) is 2.59. The van der Waals surface area contributed by atoms with Gasteiger partial charge in [-0.25, -0.2) is 0 Å². The molecule has 0 aliphatic rings. The first-order chi connectivity index (χ1) is 7.47. The Morgan fingerprint density at radius 3 is 2.81 bits per heavy atom. The van der Waals surface area contributed by atoms with Crippen molar-refractivity contribution in [1.29, 1.82) is 0 Å². The molecule has 0 aliphatic carbocycles. The molecule has 5 nitrogen and oxygen atoms in total. The largest absolute Gasteiger partial charge is 0.327 e. The van der Waals surface area contributed by atoms with Crippen molar-refractivity contribution >= 4 is 21.6 Å². The van der Waals surface area contributed by atoms with Crippen LogP contribution in [0.25, 0.3) is 0 Å². The summed E-state index contributed by atoms with van der Waals surface area (Å²) in [7, 11) is 0. The quantitative estimate of drug-likeness (QED) is 0.682. The molecule has 0 aromatic carbocycles. The maximum atomic E-state index is 10.9. The summed E-state index contributed by atoms with van der Waals surface area (Å²) < 4.78 is 0.597. The summed E-state index contributed by atoms with van der Waals surface area (Å²) >= 11 is 3.17. The Bertz CT molecular complexity index is 398. The highest BCUT2D eigenvalue weighted by Gasteiger charge is 2.24. The van der Waals surface area contributed by atoms with E-state index in [0.29, 0.717) is 10.2 Å². The molecule has 0 amide bonds. The molecule has 1 rings (SSSR count). The van der Waals surface area contributed by atoms with Gasteiger partial charge in [-0.15, -0.1) is 0 Å². The van der Waals surface area contributed by atoms with Crippen LogP contribution in [0.1, 0.15) is 31.9 Å². The van der Waals surface area contributed by atoms with Crippen LogP contribution in [0.15, 0.2) is 16.7 Å². The average Bonchev–Trinajstić information content (AvgIpc) is 2.26. The molecule has 2 N–H and O–H groups in total. The zero-order valence-corrected chi connectivity index (χ0v) is 10.8. The molecule has 6 heteroatoms. The summed E-state index contributed by atoms with van der Waals surface area (Å²) in [4.78, 5) is 14.6. The Labute approximate surface area is 102 Å². The van der Waals surface area contributed by atoms with Crippen LogP contribution in [0, 0.1) is 10.1 Å². The second kappa shape index (κ2) is 5.36. The zero-order valence-electron chi connectivity index (χ0n) is 9.18. The third-order valence-corrected chi connectivity index (χ3v) is 3.04. The van der Waals surface area contributed by atoms with Crippen LogP contribution >= 0.6 is 15.9 Å². The van der Waals surface area contributed by atoms with Crippen molar-refractivity contribution in [2.24, 2.45) is 5.73 Å². The van der Waals surface area contributed by atoms with Gasteiger partial charge in [-0.2, -0.15) is 0 Å². The van der Waals surface area contributed by atoms with Gasteiger partial charge < -0.3 is 5.73 Å². The van der Waals surface area contributed by atoms with Gasteiger partial charge >= 0.3 is 0 Å². The van der Waals surface area contributed by atoms with E-state index in [1.807, 2.05) is 13.8 Å². The van der Waals surface area contributed by atoms with Gasteiger partial charge in [-0.05, 0) is 22.4 Å². The molecule has 1 heterocycles. The molecule has 1 aromatic heterocycles. The molecule has 88 valence electrons. The molecule has 0 spiro atoms. The number of hydrogen-bond donors (Lipinski definition) is 1. The van der Waals surface area contributed by atoms with E-state index >= 15 is 0 Å². The number of halogens is 1. The van der Waals surface area contributed by atoms with Crippen molar-refractivity contribution in [3.8, 4) is 0 Å². The summed E-state index contributed by atoms with van der Waals surface area (Å²) in [6, 6.07) is 1.34. The number of aromatic nitrogens is 1. The smallest absolute Gasteiger partial charge is 0.292 e. The lowest BCUT2D eigenvalue weighted by Gasteiger charge is -2.17. The fourth-order valence-corrected chi connectivity index (χ4v) is 1.81. The topological polar surface area (TPSA) is 82.0 Å². The highest BCUT2D eigenvalue weighted by Crippen LogP contribution is 2.29. The van der Waals surface area contributed by atoms with Crippen LogP contribution in [0.4, 0.5) is 5.69 Å². The lowest BCUT2D eigenvalue weighted by Crippen LogP contribution is -2.26. The standard InChI is InChI=1S/C10H14BrN3O2/c1-3-8(12)6(2)10-9(14(15)16)4-7(11)5-13-10/h4-6,8H,3,12H2,1-2H3. The first kappa shape index (κ1) is 13.1. The Morgan fingerprint density at radius 1 is 1.69 bits per heavy atom. The summed E-state index contributed by atoms with van der Waals surface area (Å²) in [6.07, 6.45) is 2.32. The van der Waals surface area contributed by atoms with E-state index in [2.05, 4.69) is 20.9 Å². The van der Waals surface area contributed by atoms with Crippen LogP contribution in [-0.2, 0) is 0 Å². The lowest BCUT2D eigenvalue weighted by atomic mass is 9.95. The molecular weight excluding hydrogens is 274 g/mol. The van der Waals surface area contributed by atoms with E-state index in [0.717, 1.165) is 6.42 Å². The molecular formula is C10H14BrN3O2. The SMILES string of the molecule is CCC(N)C(C)c1ncc(Br)cc1[N+](=O)[O-]. The Kier molecular flexibility index (Phi) is 4.37. The fourth-order valence-electron chi connectivity index (χ4n) is 1.49.